The number of hydrogen-bond acceptors (Lipinski definition) is 3. The van der Waals surface area contributed by atoms with Crippen LogP contribution in [0.25, 0.3) is 0 Å². The van der Waals surface area contributed by atoms with E-state index in [0.717, 1.165) is 0 Å². The van der Waals surface area contributed by atoms with Gasteiger partial charge in [0.1, 0.15) is 16.5 Å². The first kappa shape index (κ1) is 12.2. The van der Waals surface area contributed by atoms with Gasteiger partial charge in [-0.1, -0.05) is 0 Å². The molecule has 0 saturated carbocycles. The van der Waals surface area contributed by atoms with Crippen molar-refractivity contribution < 1.29 is 17.6 Å². The van der Waals surface area contributed by atoms with Gasteiger partial charge in [0.05, 0.1) is 11.5 Å². The van der Waals surface area contributed by atoms with E-state index in [1.807, 2.05) is 0 Å². The van der Waals surface area contributed by atoms with Crippen molar-refractivity contribution >= 4 is 15.9 Å². The molecule has 2 N–H and O–H groups in total. The Morgan fingerprint density at radius 2 is 1.93 bits per heavy atom. The van der Waals surface area contributed by atoms with E-state index < -0.39 is 22.5 Å². The first-order valence-electron chi connectivity index (χ1n) is 4.84. The number of carbonyl (C=O) groups excluding carboxylic acids is 1. The van der Waals surface area contributed by atoms with Gasteiger partial charge in [-0.05, 0) is 12.8 Å². The number of sulfone groups is 1. The number of hydrogen-bond donors (Lipinski definition) is 2. The molecule has 0 spiro atoms. The molecular formula is C8H15FN2O3S. The van der Waals surface area contributed by atoms with E-state index in [9.17, 15) is 17.6 Å². The molecule has 15 heavy (non-hydrogen) atoms. The standard InChI is InChI=1S/C8H15FN2O3S/c9-3-4-10-8(12)11-7-1-5-15(13,14)6-2-7/h7H,1-6H2,(H2,10,11,12). The fraction of sp³-hybridized carbons (Fsp3) is 0.875. The van der Waals surface area contributed by atoms with Crippen LogP contribution < -0.4 is 10.6 Å². The van der Waals surface area contributed by atoms with Gasteiger partial charge in [-0.2, -0.15) is 0 Å². The highest BCUT2D eigenvalue weighted by Crippen LogP contribution is 2.11. The van der Waals surface area contributed by atoms with Crippen LogP contribution in [0.15, 0.2) is 0 Å². The maximum Gasteiger partial charge on any atom is 0.315 e. The van der Waals surface area contributed by atoms with Gasteiger partial charge in [-0.3, -0.25) is 0 Å². The summed E-state index contributed by atoms with van der Waals surface area (Å²) in [6.45, 7) is -0.622. The van der Waals surface area contributed by atoms with Gasteiger partial charge in [0, 0.05) is 12.6 Å². The van der Waals surface area contributed by atoms with E-state index in [2.05, 4.69) is 10.6 Å². The normalized spacial score (nSPS) is 20.9. The summed E-state index contributed by atoms with van der Waals surface area (Å²) in [5, 5.41) is 4.94. The van der Waals surface area contributed by atoms with Crippen molar-refractivity contribution in [3.05, 3.63) is 0 Å². The maximum absolute atomic E-state index is 11.7. The molecule has 1 heterocycles. The van der Waals surface area contributed by atoms with Crippen molar-refractivity contribution in [3.63, 3.8) is 0 Å². The number of carbonyl (C=O) groups is 1. The molecule has 0 atom stereocenters. The van der Waals surface area contributed by atoms with Crippen molar-refractivity contribution in [3.8, 4) is 0 Å². The molecule has 0 aromatic heterocycles. The first-order valence-corrected chi connectivity index (χ1v) is 6.66. The molecule has 2 amide bonds. The molecule has 88 valence electrons. The van der Waals surface area contributed by atoms with Gasteiger partial charge in [0.2, 0.25) is 0 Å². The molecule has 0 bridgehead atoms. The fourth-order valence-corrected chi connectivity index (χ4v) is 2.92. The number of urea groups is 1. The summed E-state index contributed by atoms with van der Waals surface area (Å²) in [6.07, 6.45) is 0.872. The average molecular weight is 238 g/mol. The van der Waals surface area contributed by atoms with E-state index in [0.29, 0.717) is 12.8 Å². The lowest BCUT2D eigenvalue weighted by Crippen LogP contribution is -2.46. The summed E-state index contributed by atoms with van der Waals surface area (Å²) in [5.74, 6) is 0.224. The molecule has 1 rings (SSSR count). The number of amides is 2. The second-order valence-electron chi connectivity index (χ2n) is 3.52. The molecule has 0 radical (unpaired) electrons. The molecule has 1 saturated heterocycles. The van der Waals surface area contributed by atoms with Gasteiger partial charge in [-0.25, -0.2) is 17.6 Å². The van der Waals surface area contributed by atoms with Gasteiger partial charge in [-0.15, -0.1) is 0 Å². The van der Waals surface area contributed by atoms with Crippen LogP contribution in [0.2, 0.25) is 0 Å². The van der Waals surface area contributed by atoms with E-state index in [1.165, 1.54) is 0 Å². The summed E-state index contributed by atoms with van der Waals surface area (Å²) in [6, 6.07) is -0.551. The minimum absolute atomic E-state index is 0.0170. The Hall–Kier alpha value is -0.850. The Labute approximate surface area is 88.3 Å². The van der Waals surface area contributed by atoms with E-state index in [4.69, 9.17) is 0 Å². The van der Waals surface area contributed by atoms with Gasteiger partial charge in [0.25, 0.3) is 0 Å². The fourth-order valence-electron chi connectivity index (χ4n) is 1.43. The van der Waals surface area contributed by atoms with Gasteiger partial charge >= 0.3 is 6.03 Å². The minimum atomic E-state index is -2.90. The third-order valence-corrected chi connectivity index (χ3v) is 3.99. The predicted octanol–water partition coefficient (Wildman–Crippen LogP) is -0.168. The smallest absolute Gasteiger partial charge is 0.315 e. The highest BCUT2D eigenvalue weighted by molar-refractivity contribution is 7.91. The molecule has 0 aromatic rings. The highest BCUT2D eigenvalue weighted by atomic mass is 32.2. The second kappa shape index (κ2) is 5.29. The minimum Gasteiger partial charge on any atom is -0.336 e. The topological polar surface area (TPSA) is 75.3 Å². The maximum atomic E-state index is 11.7. The predicted molar refractivity (Wildman–Crippen MR) is 54.2 cm³/mol. The monoisotopic (exact) mass is 238 g/mol. The highest BCUT2D eigenvalue weighted by Gasteiger charge is 2.24. The van der Waals surface area contributed by atoms with Gasteiger partial charge in [0.15, 0.2) is 0 Å². The summed E-state index contributed by atoms with van der Waals surface area (Å²) < 4.78 is 33.9. The summed E-state index contributed by atoms with van der Waals surface area (Å²) in [7, 11) is -2.90. The van der Waals surface area contributed by atoms with Crippen LogP contribution in [0.4, 0.5) is 9.18 Å². The lowest BCUT2D eigenvalue weighted by atomic mass is 10.2. The van der Waals surface area contributed by atoms with Crippen LogP contribution >= 0.6 is 0 Å². The second-order valence-corrected chi connectivity index (χ2v) is 5.82. The lowest BCUT2D eigenvalue weighted by molar-refractivity contribution is 0.234. The SMILES string of the molecule is O=C(NCCF)NC1CCS(=O)(=O)CC1. The van der Waals surface area contributed by atoms with Crippen LogP contribution in [0.3, 0.4) is 0 Å². The van der Waals surface area contributed by atoms with Crippen LogP contribution in [0, 0.1) is 0 Å². The van der Waals surface area contributed by atoms with Crippen molar-refractivity contribution in [1.29, 1.82) is 0 Å². The number of halogens is 1. The zero-order chi connectivity index (χ0) is 11.3. The van der Waals surface area contributed by atoms with Crippen molar-refractivity contribution in [2.75, 3.05) is 24.7 Å². The number of alkyl halides is 1. The molecule has 1 fully saturated rings. The Kier molecular flexibility index (Phi) is 4.31. The quantitative estimate of drug-likeness (QED) is 0.717. The zero-order valence-corrected chi connectivity index (χ0v) is 9.15. The number of rotatable bonds is 3. The van der Waals surface area contributed by atoms with Crippen molar-refractivity contribution in [1.82, 2.24) is 10.6 Å². The molecule has 0 aromatic carbocycles. The Balaban J connectivity index is 2.26. The summed E-state index contributed by atoms with van der Waals surface area (Å²) >= 11 is 0. The summed E-state index contributed by atoms with van der Waals surface area (Å²) in [4.78, 5) is 11.1. The van der Waals surface area contributed by atoms with Crippen molar-refractivity contribution in [2.45, 2.75) is 18.9 Å². The van der Waals surface area contributed by atoms with Crippen LogP contribution in [-0.2, 0) is 9.84 Å². The van der Waals surface area contributed by atoms with Crippen LogP contribution in [-0.4, -0.2) is 45.2 Å². The molecular weight excluding hydrogens is 223 g/mol. The molecule has 7 heteroatoms. The Bertz CT molecular complexity index is 304. The third kappa shape index (κ3) is 4.46. The van der Waals surface area contributed by atoms with E-state index in [1.54, 1.807) is 0 Å². The zero-order valence-electron chi connectivity index (χ0n) is 8.33. The van der Waals surface area contributed by atoms with E-state index >= 15 is 0 Å². The van der Waals surface area contributed by atoms with Gasteiger partial charge < -0.3 is 10.6 Å². The van der Waals surface area contributed by atoms with Crippen LogP contribution in [0.1, 0.15) is 12.8 Å². The van der Waals surface area contributed by atoms with Crippen LogP contribution in [0.5, 0.6) is 0 Å². The van der Waals surface area contributed by atoms with E-state index in [-0.39, 0.29) is 24.1 Å². The molecule has 1 aliphatic rings. The Morgan fingerprint density at radius 3 is 2.47 bits per heavy atom. The Morgan fingerprint density at radius 1 is 1.33 bits per heavy atom. The number of nitrogens with one attached hydrogen (secondary N) is 2. The third-order valence-electron chi connectivity index (χ3n) is 2.27. The van der Waals surface area contributed by atoms with Crippen molar-refractivity contribution in [2.24, 2.45) is 0 Å². The first-order chi connectivity index (χ1) is 7.03. The molecule has 5 nitrogen and oxygen atoms in total. The molecule has 0 aliphatic carbocycles. The summed E-state index contributed by atoms with van der Waals surface area (Å²) in [5.41, 5.74) is 0. The largest absolute Gasteiger partial charge is 0.336 e. The molecule has 1 aliphatic heterocycles. The lowest BCUT2D eigenvalue weighted by Gasteiger charge is -2.22. The molecule has 0 unspecified atom stereocenters. The average Bonchev–Trinajstić information content (AvgIpc) is 2.18.